The first-order valence-electron chi connectivity index (χ1n) is 6.37. The molecule has 2 aliphatic rings. The highest BCUT2D eigenvalue weighted by Gasteiger charge is 2.39. The van der Waals surface area contributed by atoms with E-state index in [1.54, 1.807) is 0 Å². The molecule has 1 amide bonds. The van der Waals surface area contributed by atoms with Crippen molar-refractivity contribution in [3.05, 3.63) is 35.9 Å². The van der Waals surface area contributed by atoms with Crippen LogP contribution in [0.3, 0.4) is 0 Å². The van der Waals surface area contributed by atoms with Gasteiger partial charge in [0, 0.05) is 6.54 Å². The highest BCUT2D eigenvalue weighted by molar-refractivity contribution is 5.84. The molecule has 3 heteroatoms. The molecule has 2 fully saturated rings. The minimum Gasteiger partial charge on any atom is -0.321 e. The summed E-state index contributed by atoms with van der Waals surface area (Å²) in [5.41, 5.74) is 1.19. The Labute approximate surface area is 102 Å². The van der Waals surface area contributed by atoms with E-state index in [0.717, 1.165) is 12.5 Å². The average Bonchev–Trinajstić information content (AvgIpc) is 3.13. The molecule has 1 aromatic carbocycles. The molecule has 3 rings (SSSR count). The lowest BCUT2D eigenvalue weighted by Crippen LogP contribution is -2.32. The van der Waals surface area contributed by atoms with Gasteiger partial charge in [0.05, 0.1) is 6.04 Å². The zero-order valence-electron chi connectivity index (χ0n) is 10.1. The summed E-state index contributed by atoms with van der Waals surface area (Å²) >= 11 is 0. The second-order valence-electron chi connectivity index (χ2n) is 5.14. The summed E-state index contributed by atoms with van der Waals surface area (Å²) in [6, 6.07) is 10.2. The first-order chi connectivity index (χ1) is 8.25. The van der Waals surface area contributed by atoms with Crippen LogP contribution in [-0.4, -0.2) is 23.4 Å². The molecule has 1 aliphatic heterocycles. The molecule has 1 aliphatic carbocycles. The number of carbonyl (C=O) groups is 1. The Bertz CT molecular complexity index is 413. The third-order valence-electron chi connectivity index (χ3n) is 3.64. The number of hydrogen-bond donors (Lipinski definition) is 1. The van der Waals surface area contributed by atoms with Crippen molar-refractivity contribution in [2.75, 3.05) is 6.54 Å². The van der Waals surface area contributed by atoms with E-state index in [9.17, 15) is 4.79 Å². The predicted molar refractivity (Wildman–Crippen MR) is 66.2 cm³/mol. The molecule has 90 valence electrons. The number of carbonyl (C=O) groups excluding carboxylic acids is 1. The number of nitrogens with one attached hydrogen (secondary N) is 1. The molecule has 2 unspecified atom stereocenters. The van der Waals surface area contributed by atoms with E-state index >= 15 is 0 Å². The van der Waals surface area contributed by atoms with Crippen LogP contribution < -0.4 is 5.32 Å². The third kappa shape index (κ3) is 2.07. The van der Waals surface area contributed by atoms with Crippen molar-refractivity contribution in [3.63, 3.8) is 0 Å². The molecule has 1 saturated heterocycles. The van der Waals surface area contributed by atoms with Crippen LogP contribution in [0.1, 0.15) is 31.5 Å². The normalized spacial score (nSPS) is 28.8. The quantitative estimate of drug-likeness (QED) is 0.860. The van der Waals surface area contributed by atoms with Crippen LogP contribution in [0.4, 0.5) is 0 Å². The van der Waals surface area contributed by atoms with E-state index < -0.39 is 0 Å². The van der Waals surface area contributed by atoms with Gasteiger partial charge in [-0.1, -0.05) is 30.3 Å². The second-order valence-corrected chi connectivity index (χ2v) is 5.14. The van der Waals surface area contributed by atoms with E-state index in [4.69, 9.17) is 0 Å². The van der Waals surface area contributed by atoms with E-state index in [1.165, 1.54) is 18.4 Å². The van der Waals surface area contributed by atoms with E-state index in [2.05, 4.69) is 17.4 Å². The maximum atomic E-state index is 12.1. The molecule has 0 spiro atoms. The van der Waals surface area contributed by atoms with Gasteiger partial charge in [-0.05, 0) is 31.2 Å². The van der Waals surface area contributed by atoms with E-state index in [1.807, 2.05) is 30.0 Å². The lowest BCUT2D eigenvalue weighted by Gasteiger charge is -2.24. The van der Waals surface area contributed by atoms with Gasteiger partial charge < -0.3 is 4.90 Å². The zero-order chi connectivity index (χ0) is 11.8. The lowest BCUT2D eigenvalue weighted by molar-refractivity contribution is -0.130. The average molecular weight is 230 g/mol. The van der Waals surface area contributed by atoms with Gasteiger partial charge in [0.15, 0.2) is 0 Å². The first kappa shape index (κ1) is 10.8. The minimum absolute atomic E-state index is 0.0565. The van der Waals surface area contributed by atoms with Crippen molar-refractivity contribution < 1.29 is 4.79 Å². The Kier molecular flexibility index (Phi) is 2.63. The topological polar surface area (TPSA) is 32.3 Å². The summed E-state index contributed by atoms with van der Waals surface area (Å²) in [6.45, 7) is 2.86. The van der Waals surface area contributed by atoms with Gasteiger partial charge in [0.1, 0.15) is 6.17 Å². The maximum Gasteiger partial charge on any atom is 0.241 e. The number of hydrogen-bond acceptors (Lipinski definition) is 2. The van der Waals surface area contributed by atoms with Crippen molar-refractivity contribution in [1.82, 2.24) is 10.2 Å². The Morgan fingerprint density at radius 2 is 2.00 bits per heavy atom. The summed E-state index contributed by atoms with van der Waals surface area (Å²) in [6.07, 6.45) is 2.62. The van der Waals surface area contributed by atoms with E-state index in [-0.39, 0.29) is 18.1 Å². The molecule has 1 N–H and O–H groups in total. The molecule has 2 atom stereocenters. The molecule has 1 saturated carbocycles. The van der Waals surface area contributed by atoms with Crippen LogP contribution in [0.5, 0.6) is 0 Å². The second kappa shape index (κ2) is 4.15. The fourth-order valence-corrected chi connectivity index (χ4v) is 2.46. The summed E-state index contributed by atoms with van der Waals surface area (Å²) in [4.78, 5) is 14.1. The van der Waals surface area contributed by atoms with Gasteiger partial charge in [0.25, 0.3) is 0 Å². The van der Waals surface area contributed by atoms with Crippen molar-refractivity contribution in [3.8, 4) is 0 Å². The van der Waals surface area contributed by atoms with Crippen LogP contribution in [0.15, 0.2) is 30.3 Å². The maximum absolute atomic E-state index is 12.1. The smallest absolute Gasteiger partial charge is 0.241 e. The molecule has 17 heavy (non-hydrogen) atoms. The van der Waals surface area contributed by atoms with Gasteiger partial charge in [-0.25, -0.2) is 0 Å². The van der Waals surface area contributed by atoms with Gasteiger partial charge in [0.2, 0.25) is 5.91 Å². The third-order valence-corrected chi connectivity index (χ3v) is 3.64. The number of amides is 1. The SMILES string of the molecule is CC1NC(c2ccccc2)N(CC2CC2)C1=O. The Balaban J connectivity index is 1.83. The molecule has 1 heterocycles. The van der Waals surface area contributed by atoms with E-state index in [0.29, 0.717) is 0 Å². The van der Waals surface area contributed by atoms with Crippen molar-refractivity contribution in [2.24, 2.45) is 5.92 Å². The van der Waals surface area contributed by atoms with Crippen LogP contribution in [-0.2, 0) is 4.79 Å². The number of nitrogens with zero attached hydrogens (tertiary/aromatic N) is 1. The monoisotopic (exact) mass is 230 g/mol. The fourth-order valence-electron chi connectivity index (χ4n) is 2.46. The van der Waals surface area contributed by atoms with Crippen LogP contribution in [0.25, 0.3) is 0 Å². The highest BCUT2D eigenvalue weighted by atomic mass is 16.2. The predicted octanol–water partition coefficient (Wildman–Crippen LogP) is 1.92. The summed E-state index contributed by atoms with van der Waals surface area (Å²) < 4.78 is 0. The standard InChI is InChI=1S/C14H18N2O/c1-10-14(17)16(9-11-7-8-11)13(15-10)12-5-3-2-4-6-12/h2-6,10-11,13,15H,7-9H2,1H3. The zero-order valence-corrected chi connectivity index (χ0v) is 10.1. The molecular formula is C14H18N2O. The molecule has 0 radical (unpaired) electrons. The van der Waals surface area contributed by atoms with Gasteiger partial charge in [-0.15, -0.1) is 0 Å². The highest BCUT2D eigenvalue weighted by Crippen LogP contribution is 2.34. The molecule has 0 bridgehead atoms. The molecule has 0 aromatic heterocycles. The van der Waals surface area contributed by atoms with Crippen LogP contribution in [0.2, 0.25) is 0 Å². The Morgan fingerprint density at radius 1 is 1.29 bits per heavy atom. The van der Waals surface area contributed by atoms with Crippen LogP contribution >= 0.6 is 0 Å². The summed E-state index contributed by atoms with van der Waals surface area (Å²) in [5, 5.41) is 3.38. The number of rotatable bonds is 3. The van der Waals surface area contributed by atoms with Gasteiger partial charge >= 0.3 is 0 Å². The van der Waals surface area contributed by atoms with Crippen molar-refractivity contribution in [2.45, 2.75) is 32.0 Å². The van der Waals surface area contributed by atoms with Gasteiger partial charge in [-0.3, -0.25) is 10.1 Å². The summed E-state index contributed by atoms with van der Waals surface area (Å²) in [5.74, 6) is 0.975. The van der Waals surface area contributed by atoms with Crippen molar-refractivity contribution >= 4 is 5.91 Å². The van der Waals surface area contributed by atoms with Gasteiger partial charge in [-0.2, -0.15) is 0 Å². The Hall–Kier alpha value is -1.35. The largest absolute Gasteiger partial charge is 0.321 e. The van der Waals surface area contributed by atoms with Crippen molar-refractivity contribution in [1.29, 1.82) is 0 Å². The molecular weight excluding hydrogens is 212 g/mol. The fraction of sp³-hybridized carbons (Fsp3) is 0.500. The molecule has 3 nitrogen and oxygen atoms in total. The first-order valence-corrected chi connectivity index (χ1v) is 6.37. The minimum atomic E-state index is -0.0565. The lowest BCUT2D eigenvalue weighted by atomic mass is 10.1. The summed E-state index contributed by atoms with van der Waals surface area (Å²) in [7, 11) is 0. The molecule has 1 aromatic rings. The Morgan fingerprint density at radius 3 is 2.65 bits per heavy atom. The van der Waals surface area contributed by atoms with Crippen LogP contribution in [0, 0.1) is 5.92 Å². The number of benzene rings is 1.